The lowest BCUT2D eigenvalue weighted by Crippen LogP contribution is -2.45. The minimum absolute atomic E-state index is 0.0414. The van der Waals surface area contributed by atoms with E-state index in [1.165, 1.54) is 11.3 Å². The van der Waals surface area contributed by atoms with E-state index in [1.54, 1.807) is 37.8 Å². The maximum atomic E-state index is 13.2. The van der Waals surface area contributed by atoms with Crippen LogP contribution in [0.4, 0.5) is 4.79 Å². The molecule has 3 amide bonds. The van der Waals surface area contributed by atoms with Crippen LogP contribution in [-0.4, -0.2) is 69.0 Å². The molecule has 0 aliphatic carbocycles. The molecular weight excluding hydrogens is 528 g/mol. The first-order chi connectivity index (χ1) is 19.1. The van der Waals surface area contributed by atoms with Gasteiger partial charge in [0.25, 0.3) is 5.91 Å². The van der Waals surface area contributed by atoms with E-state index < -0.39 is 29.1 Å². The van der Waals surface area contributed by atoms with Crippen LogP contribution in [0.2, 0.25) is 0 Å². The second-order valence-corrected chi connectivity index (χ2v) is 12.7. The number of aromatic nitrogens is 1. The minimum Gasteiger partial charge on any atom is -0.460 e. The Hall–Kier alpha value is -3.89. The van der Waals surface area contributed by atoms with Crippen LogP contribution in [-0.2, 0) is 25.6 Å². The first-order valence-electron chi connectivity index (χ1n) is 14.0. The molecule has 0 radical (unpaired) electrons. The van der Waals surface area contributed by atoms with Crippen molar-refractivity contribution in [1.29, 1.82) is 0 Å². The first kappa shape index (κ1) is 30.1. The molecular formula is C30H40N4O7. The summed E-state index contributed by atoms with van der Waals surface area (Å²) in [6.07, 6.45) is 2.70. The molecule has 0 spiro atoms. The summed E-state index contributed by atoms with van der Waals surface area (Å²) >= 11 is 0. The Labute approximate surface area is 240 Å². The molecule has 2 N–H and O–H groups in total. The first-order valence-corrected chi connectivity index (χ1v) is 14.0. The molecule has 3 heterocycles. The second-order valence-electron chi connectivity index (χ2n) is 12.7. The fourth-order valence-electron chi connectivity index (χ4n) is 5.29. The maximum Gasteiger partial charge on any atom is 0.410 e. The molecule has 2 atom stereocenters. The Morgan fingerprint density at radius 3 is 2.49 bits per heavy atom. The summed E-state index contributed by atoms with van der Waals surface area (Å²) in [6, 6.07) is 4.44. The highest BCUT2D eigenvalue weighted by atomic mass is 16.6. The third-order valence-electron chi connectivity index (χ3n) is 7.00. The number of nitrogens with zero attached hydrogens (tertiary/aromatic N) is 3. The summed E-state index contributed by atoms with van der Waals surface area (Å²) < 4.78 is 16.7. The van der Waals surface area contributed by atoms with Gasteiger partial charge < -0.3 is 29.4 Å². The zero-order valence-corrected chi connectivity index (χ0v) is 24.7. The van der Waals surface area contributed by atoms with Gasteiger partial charge >= 0.3 is 12.1 Å². The normalized spacial score (nSPS) is 18.2. The van der Waals surface area contributed by atoms with E-state index in [0.717, 1.165) is 24.0 Å². The van der Waals surface area contributed by atoms with Crippen molar-refractivity contribution >= 4 is 23.9 Å². The number of likely N-dealkylation sites (tertiary alicyclic amines) is 1. The second kappa shape index (κ2) is 11.5. The molecule has 2 unspecified atom stereocenters. The molecule has 2 aliphatic rings. The molecule has 0 bridgehead atoms. The van der Waals surface area contributed by atoms with E-state index in [4.69, 9.17) is 19.6 Å². The van der Waals surface area contributed by atoms with Crippen LogP contribution in [0.15, 0.2) is 29.0 Å². The molecule has 1 fully saturated rings. The lowest BCUT2D eigenvalue weighted by Gasteiger charge is -2.33. The summed E-state index contributed by atoms with van der Waals surface area (Å²) in [6.45, 7) is 12.1. The average Bonchev–Trinajstić information content (AvgIpc) is 3.47. The SMILES string of the molecule is CC(C)(C)OC(=O)CCC(C(N)=O)N1Cc2cc(-c3ncoc3C3CCCN(C(=O)OC(C)(C)C)C3)ccc2C1=O. The summed E-state index contributed by atoms with van der Waals surface area (Å²) in [5, 5.41) is 0. The van der Waals surface area contributed by atoms with Gasteiger partial charge in [-0.05, 0) is 78.5 Å². The van der Waals surface area contributed by atoms with E-state index in [9.17, 15) is 19.2 Å². The van der Waals surface area contributed by atoms with Crippen molar-refractivity contribution < 1.29 is 33.1 Å². The molecule has 2 aliphatic heterocycles. The van der Waals surface area contributed by atoms with Gasteiger partial charge in [-0.3, -0.25) is 14.4 Å². The van der Waals surface area contributed by atoms with Gasteiger partial charge in [0.15, 0.2) is 6.39 Å². The third-order valence-corrected chi connectivity index (χ3v) is 7.00. The van der Waals surface area contributed by atoms with Crippen LogP contribution in [0.25, 0.3) is 11.3 Å². The number of nitrogens with two attached hydrogens (primary N) is 1. The number of benzene rings is 1. The molecule has 222 valence electrons. The fourth-order valence-corrected chi connectivity index (χ4v) is 5.29. The highest BCUT2D eigenvalue weighted by Gasteiger charge is 2.37. The van der Waals surface area contributed by atoms with Crippen LogP contribution >= 0.6 is 0 Å². The summed E-state index contributed by atoms with van der Waals surface area (Å²) in [5.41, 5.74) is 7.03. The molecule has 1 saturated heterocycles. The Bertz CT molecular complexity index is 1320. The number of carbonyl (C=O) groups is 4. The van der Waals surface area contributed by atoms with E-state index in [1.807, 2.05) is 26.8 Å². The lowest BCUT2D eigenvalue weighted by molar-refractivity contribution is -0.155. The van der Waals surface area contributed by atoms with Crippen molar-refractivity contribution in [2.75, 3.05) is 13.1 Å². The minimum atomic E-state index is -0.949. The lowest BCUT2D eigenvalue weighted by atomic mass is 9.92. The Balaban J connectivity index is 1.50. The summed E-state index contributed by atoms with van der Waals surface area (Å²) in [4.78, 5) is 58.1. The molecule has 11 heteroatoms. The predicted octanol–water partition coefficient (Wildman–Crippen LogP) is 4.39. The number of ether oxygens (including phenoxy) is 2. The van der Waals surface area contributed by atoms with Crippen LogP contribution in [0.3, 0.4) is 0 Å². The van der Waals surface area contributed by atoms with E-state index in [-0.39, 0.29) is 37.3 Å². The predicted molar refractivity (Wildman–Crippen MR) is 150 cm³/mol. The fraction of sp³-hybridized carbons (Fsp3) is 0.567. The molecule has 1 aromatic heterocycles. The third kappa shape index (κ3) is 7.25. The number of rotatable bonds is 7. The van der Waals surface area contributed by atoms with Crippen molar-refractivity contribution in [2.45, 2.75) is 96.9 Å². The van der Waals surface area contributed by atoms with Gasteiger partial charge in [-0.15, -0.1) is 0 Å². The smallest absolute Gasteiger partial charge is 0.410 e. The zero-order chi connectivity index (χ0) is 30.1. The quantitative estimate of drug-likeness (QED) is 0.484. The number of hydrogen-bond acceptors (Lipinski definition) is 8. The number of piperidine rings is 1. The van der Waals surface area contributed by atoms with Crippen LogP contribution in [0.5, 0.6) is 0 Å². The van der Waals surface area contributed by atoms with Crippen molar-refractivity contribution in [2.24, 2.45) is 5.73 Å². The van der Waals surface area contributed by atoms with Crippen molar-refractivity contribution in [3.63, 3.8) is 0 Å². The van der Waals surface area contributed by atoms with Gasteiger partial charge in [-0.25, -0.2) is 9.78 Å². The van der Waals surface area contributed by atoms with Crippen LogP contribution in [0.1, 0.15) is 94.8 Å². The molecule has 2 aromatic rings. The van der Waals surface area contributed by atoms with E-state index >= 15 is 0 Å². The highest BCUT2D eigenvalue weighted by Crippen LogP contribution is 2.36. The van der Waals surface area contributed by atoms with E-state index in [0.29, 0.717) is 30.1 Å². The van der Waals surface area contributed by atoms with Gasteiger partial charge in [0.05, 0.1) is 0 Å². The van der Waals surface area contributed by atoms with Gasteiger partial charge in [0, 0.05) is 43.1 Å². The maximum absolute atomic E-state index is 13.2. The number of esters is 1. The highest BCUT2D eigenvalue weighted by molar-refractivity contribution is 6.01. The average molecular weight is 569 g/mol. The Kier molecular flexibility index (Phi) is 8.46. The molecule has 0 saturated carbocycles. The van der Waals surface area contributed by atoms with E-state index in [2.05, 4.69) is 4.98 Å². The summed E-state index contributed by atoms with van der Waals surface area (Å²) in [7, 11) is 0. The molecule has 1 aromatic carbocycles. The Morgan fingerprint density at radius 1 is 1.12 bits per heavy atom. The standard InChI is InChI=1S/C30H40N4O7/c1-29(2,3)40-23(35)12-11-22(26(31)36)34-16-20-14-18(9-10-21(20)27(34)37)24-25(39-17-32-24)19-8-7-13-33(15-19)28(38)41-30(4,5)6/h9-10,14,17,19,22H,7-8,11-13,15-16H2,1-6H3,(H2,31,36). The number of amides is 3. The molecule has 41 heavy (non-hydrogen) atoms. The number of carbonyl (C=O) groups excluding carboxylic acids is 4. The van der Waals surface area contributed by atoms with Crippen LogP contribution < -0.4 is 5.73 Å². The number of hydrogen-bond donors (Lipinski definition) is 1. The van der Waals surface area contributed by atoms with Crippen molar-refractivity contribution in [3.8, 4) is 11.3 Å². The van der Waals surface area contributed by atoms with Crippen molar-refractivity contribution in [1.82, 2.24) is 14.8 Å². The summed E-state index contributed by atoms with van der Waals surface area (Å²) in [5.74, 6) is -0.846. The topological polar surface area (TPSA) is 145 Å². The number of oxazole rings is 1. The molecule has 11 nitrogen and oxygen atoms in total. The van der Waals surface area contributed by atoms with Gasteiger partial charge in [-0.1, -0.05) is 6.07 Å². The number of primary amides is 1. The van der Waals surface area contributed by atoms with Crippen LogP contribution in [0, 0.1) is 0 Å². The van der Waals surface area contributed by atoms with Gasteiger partial charge in [0.1, 0.15) is 28.7 Å². The number of fused-ring (bicyclic) bond motifs is 1. The van der Waals surface area contributed by atoms with Crippen molar-refractivity contribution in [3.05, 3.63) is 41.5 Å². The van der Waals surface area contributed by atoms with Gasteiger partial charge in [0.2, 0.25) is 5.91 Å². The molecule has 4 rings (SSSR count). The Morgan fingerprint density at radius 2 is 1.83 bits per heavy atom. The monoisotopic (exact) mass is 568 g/mol. The largest absolute Gasteiger partial charge is 0.460 e. The zero-order valence-electron chi connectivity index (χ0n) is 24.7. The van der Waals surface area contributed by atoms with Gasteiger partial charge in [-0.2, -0.15) is 0 Å².